The lowest BCUT2D eigenvalue weighted by Gasteiger charge is -2.23. The van der Waals surface area contributed by atoms with Crippen molar-refractivity contribution in [3.8, 4) is 0 Å². The van der Waals surface area contributed by atoms with Gasteiger partial charge in [-0.1, -0.05) is 5.21 Å². The Bertz CT molecular complexity index is 772. The van der Waals surface area contributed by atoms with E-state index in [2.05, 4.69) is 15.6 Å². The van der Waals surface area contributed by atoms with Crippen LogP contribution < -0.4 is 5.32 Å². The summed E-state index contributed by atoms with van der Waals surface area (Å²) >= 11 is 1.52. The molecular weight excluding hydrogens is 354 g/mol. The first-order valence-electron chi connectivity index (χ1n) is 8.63. The summed E-state index contributed by atoms with van der Waals surface area (Å²) in [5.74, 6) is -0.204. The van der Waals surface area contributed by atoms with Crippen LogP contribution in [0.3, 0.4) is 0 Å². The number of hydrogen-bond donors (Lipinski definition) is 1. The van der Waals surface area contributed by atoms with Gasteiger partial charge in [0.05, 0.1) is 30.3 Å². The van der Waals surface area contributed by atoms with Crippen molar-refractivity contribution in [2.75, 3.05) is 26.8 Å². The van der Waals surface area contributed by atoms with Crippen LogP contribution in [-0.2, 0) is 11.3 Å². The fourth-order valence-electron chi connectivity index (χ4n) is 3.05. The smallest absolute Gasteiger partial charge is 0.273 e. The zero-order valence-electron chi connectivity index (χ0n) is 15.0. The van der Waals surface area contributed by atoms with Crippen LogP contribution in [0, 0.1) is 6.92 Å². The van der Waals surface area contributed by atoms with Crippen molar-refractivity contribution in [3.05, 3.63) is 33.8 Å². The Kier molecular flexibility index (Phi) is 6.00. The van der Waals surface area contributed by atoms with Crippen molar-refractivity contribution in [1.82, 2.24) is 25.2 Å². The van der Waals surface area contributed by atoms with Crippen molar-refractivity contribution in [3.63, 3.8) is 0 Å². The molecule has 3 rings (SSSR count). The van der Waals surface area contributed by atoms with Crippen LogP contribution in [0.5, 0.6) is 0 Å². The standard InChI is InChI=1S/C17H23N5O3S/c1-12-5-6-15(26-12)17(24)22-8-3-4-13(22)10-21-11-14(19-20-21)16(23)18-7-9-25-2/h5-6,11,13H,3-4,7-10H2,1-2H3,(H,18,23)/t13-/m0/s1. The molecule has 0 aliphatic carbocycles. The second-order valence-electron chi connectivity index (χ2n) is 6.28. The fraction of sp³-hybridized carbons (Fsp3) is 0.529. The summed E-state index contributed by atoms with van der Waals surface area (Å²) < 4.78 is 6.54. The van der Waals surface area contributed by atoms with E-state index in [0.717, 1.165) is 29.1 Å². The minimum absolute atomic E-state index is 0.0657. The first kappa shape index (κ1) is 18.5. The van der Waals surface area contributed by atoms with Gasteiger partial charge >= 0.3 is 0 Å². The van der Waals surface area contributed by atoms with Crippen LogP contribution in [0.4, 0.5) is 0 Å². The van der Waals surface area contributed by atoms with Crippen LogP contribution in [0.1, 0.15) is 37.9 Å². The van der Waals surface area contributed by atoms with Crippen LogP contribution in [0.25, 0.3) is 0 Å². The van der Waals surface area contributed by atoms with Crippen molar-refractivity contribution in [2.45, 2.75) is 32.4 Å². The molecule has 2 amide bonds. The average molecular weight is 377 g/mol. The summed E-state index contributed by atoms with van der Waals surface area (Å²) in [5.41, 5.74) is 0.269. The summed E-state index contributed by atoms with van der Waals surface area (Å²) in [5, 5.41) is 10.7. The van der Waals surface area contributed by atoms with Crippen molar-refractivity contribution >= 4 is 23.2 Å². The SMILES string of the molecule is COCCNC(=O)c1cn(C[C@@H]2CCCN2C(=O)c2ccc(C)s2)nn1. The van der Waals surface area contributed by atoms with Crippen molar-refractivity contribution < 1.29 is 14.3 Å². The molecule has 2 aromatic rings. The maximum absolute atomic E-state index is 12.7. The lowest BCUT2D eigenvalue weighted by atomic mass is 10.2. The maximum atomic E-state index is 12.7. The Hall–Kier alpha value is -2.26. The topological polar surface area (TPSA) is 89.4 Å². The van der Waals surface area contributed by atoms with Gasteiger partial charge in [0.1, 0.15) is 0 Å². The Morgan fingerprint density at radius 3 is 3.00 bits per heavy atom. The molecule has 3 heterocycles. The van der Waals surface area contributed by atoms with Crippen molar-refractivity contribution in [2.24, 2.45) is 0 Å². The van der Waals surface area contributed by atoms with Gasteiger partial charge in [-0.25, -0.2) is 4.68 Å². The summed E-state index contributed by atoms with van der Waals surface area (Å²) in [6.45, 7) is 4.15. The zero-order valence-corrected chi connectivity index (χ0v) is 15.8. The number of aromatic nitrogens is 3. The molecule has 1 fully saturated rings. The van der Waals surface area contributed by atoms with Crippen LogP contribution >= 0.6 is 11.3 Å². The van der Waals surface area contributed by atoms with Gasteiger partial charge in [-0.05, 0) is 31.9 Å². The van der Waals surface area contributed by atoms with Gasteiger partial charge in [0.15, 0.2) is 5.69 Å². The number of thiophene rings is 1. The number of carbonyl (C=O) groups excluding carboxylic acids is 2. The first-order chi connectivity index (χ1) is 12.6. The third kappa shape index (κ3) is 4.28. The predicted molar refractivity (Wildman–Crippen MR) is 97.3 cm³/mol. The summed E-state index contributed by atoms with van der Waals surface area (Å²) in [4.78, 5) is 28.5. The van der Waals surface area contributed by atoms with E-state index in [1.165, 1.54) is 11.3 Å². The largest absolute Gasteiger partial charge is 0.383 e. The van der Waals surface area contributed by atoms with E-state index in [1.807, 2.05) is 24.0 Å². The van der Waals surface area contributed by atoms with Gasteiger partial charge in [-0.3, -0.25) is 9.59 Å². The van der Waals surface area contributed by atoms with E-state index in [4.69, 9.17) is 4.74 Å². The first-order valence-corrected chi connectivity index (χ1v) is 9.45. The second-order valence-corrected chi connectivity index (χ2v) is 7.57. The number of aryl methyl sites for hydroxylation is 1. The maximum Gasteiger partial charge on any atom is 0.273 e. The molecule has 140 valence electrons. The van der Waals surface area contributed by atoms with E-state index in [9.17, 15) is 9.59 Å². The molecule has 26 heavy (non-hydrogen) atoms. The van der Waals surface area contributed by atoms with Crippen molar-refractivity contribution in [1.29, 1.82) is 0 Å². The van der Waals surface area contributed by atoms with Crippen LogP contribution in [0.15, 0.2) is 18.3 Å². The highest BCUT2D eigenvalue weighted by Gasteiger charge is 2.30. The molecule has 0 bridgehead atoms. The molecule has 8 nitrogen and oxygen atoms in total. The summed E-state index contributed by atoms with van der Waals surface area (Å²) in [7, 11) is 1.58. The predicted octanol–water partition coefficient (Wildman–Crippen LogP) is 1.33. The number of ether oxygens (including phenoxy) is 1. The van der Waals surface area contributed by atoms with Gasteiger partial charge in [0.25, 0.3) is 11.8 Å². The number of likely N-dealkylation sites (tertiary alicyclic amines) is 1. The minimum Gasteiger partial charge on any atom is -0.383 e. The number of methoxy groups -OCH3 is 1. The van der Waals surface area contributed by atoms with Gasteiger partial charge in [0, 0.05) is 25.1 Å². The van der Waals surface area contributed by atoms with Gasteiger partial charge in [0.2, 0.25) is 0 Å². The number of carbonyl (C=O) groups is 2. The fourth-order valence-corrected chi connectivity index (χ4v) is 3.87. The Labute approximate surface area is 156 Å². The molecule has 1 aliphatic heterocycles. The molecule has 1 N–H and O–H groups in total. The second kappa shape index (κ2) is 8.41. The third-order valence-electron chi connectivity index (χ3n) is 4.35. The normalized spacial score (nSPS) is 16.8. The number of rotatable bonds is 7. The molecular formula is C17H23N5O3S. The minimum atomic E-state index is -0.276. The highest BCUT2D eigenvalue weighted by Crippen LogP contribution is 2.24. The van der Waals surface area contributed by atoms with E-state index < -0.39 is 0 Å². The Morgan fingerprint density at radius 2 is 2.27 bits per heavy atom. The van der Waals surface area contributed by atoms with Gasteiger partial charge in [-0.15, -0.1) is 16.4 Å². The summed E-state index contributed by atoms with van der Waals surface area (Å²) in [6.07, 6.45) is 3.52. The number of amides is 2. The molecule has 1 aliphatic rings. The molecule has 0 saturated carbocycles. The van der Waals surface area contributed by atoms with Gasteiger partial charge < -0.3 is 15.0 Å². The molecule has 0 radical (unpaired) electrons. The number of nitrogens with one attached hydrogen (secondary N) is 1. The third-order valence-corrected chi connectivity index (χ3v) is 5.34. The van der Waals surface area contributed by atoms with E-state index in [-0.39, 0.29) is 23.6 Å². The van der Waals surface area contributed by atoms with Gasteiger partial charge in [-0.2, -0.15) is 0 Å². The highest BCUT2D eigenvalue weighted by atomic mass is 32.1. The number of hydrogen-bond acceptors (Lipinski definition) is 6. The lowest BCUT2D eigenvalue weighted by molar-refractivity contribution is 0.0725. The van der Waals surface area contributed by atoms with E-state index >= 15 is 0 Å². The lowest BCUT2D eigenvalue weighted by Crippen LogP contribution is -2.37. The molecule has 0 aromatic carbocycles. The average Bonchev–Trinajstić information content (AvgIpc) is 3.36. The Balaban J connectivity index is 1.61. The van der Waals surface area contributed by atoms with E-state index in [1.54, 1.807) is 18.0 Å². The van der Waals surface area contributed by atoms with Crippen LogP contribution in [0.2, 0.25) is 0 Å². The highest BCUT2D eigenvalue weighted by molar-refractivity contribution is 7.13. The zero-order chi connectivity index (χ0) is 18.5. The Morgan fingerprint density at radius 1 is 1.42 bits per heavy atom. The monoisotopic (exact) mass is 377 g/mol. The number of nitrogens with zero attached hydrogens (tertiary/aromatic N) is 4. The quantitative estimate of drug-likeness (QED) is 0.735. The van der Waals surface area contributed by atoms with Crippen LogP contribution in [-0.4, -0.2) is 64.6 Å². The molecule has 1 saturated heterocycles. The summed E-state index contributed by atoms with van der Waals surface area (Å²) in [6, 6.07) is 3.92. The molecule has 9 heteroatoms. The molecule has 1 atom stereocenters. The van der Waals surface area contributed by atoms with E-state index in [0.29, 0.717) is 19.7 Å². The molecule has 0 unspecified atom stereocenters. The molecule has 2 aromatic heterocycles. The molecule has 0 spiro atoms.